The van der Waals surface area contributed by atoms with Gasteiger partial charge < -0.3 is 10.2 Å². The normalized spacial score (nSPS) is 19.4. The van der Waals surface area contributed by atoms with Crippen LogP contribution in [-0.2, 0) is 19.3 Å². The molecule has 0 amide bonds. The molecule has 0 saturated carbocycles. The Labute approximate surface area is 162 Å². The van der Waals surface area contributed by atoms with E-state index in [0.717, 1.165) is 48.1 Å². The third kappa shape index (κ3) is 3.99. The summed E-state index contributed by atoms with van der Waals surface area (Å²) >= 11 is 1.04. The Bertz CT molecular complexity index is 977. The van der Waals surface area contributed by atoms with E-state index < -0.39 is 6.10 Å². The Hall–Kier alpha value is -2.37. The van der Waals surface area contributed by atoms with Gasteiger partial charge in [0.2, 0.25) is 5.88 Å². The number of aliphatic hydroxyl groups is 1. The highest BCUT2D eigenvalue weighted by atomic mass is 32.1. The summed E-state index contributed by atoms with van der Waals surface area (Å²) in [6.45, 7) is 0. The largest absolute Gasteiger partial charge is 0.494 e. The van der Waals surface area contributed by atoms with E-state index in [1.54, 1.807) is 0 Å². The monoisotopic (exact) mass is 381 g/mol. The number of thiazole rings is 1. The summed E-state index contributed by atoms with van der Waals surface area (Å²) in [6, 6.07) is 16.5. The second-order valence-electron chi connectivity index (χ2n) is 7.28. The average molecular weight is 381 g/mol. The molecule has 140 valence electrons. The molecule has 27 heavy (non-hydrogen) atoms. The fourth-order valence-electron chi connectivity index (χ4n) is 4.03. The predicted molar refractivity (Wildman–Crippen MR) is 107 cm³/mol. The minimum absolute atomic E-state index is 0.0390. The molecular weight excluding hydrogens is 358 g/mol. The molecule has 0 aliphatic heterocycles. The van der Waals surface area contributed by atoms with Crippen molar-refractivity contribution in [2.75, 3.05) is 0 Å². The zero-order valence-corrected chi connectivity index (χ0v) is 15.8. The summed E-state index contributed by atoms with van der Waals surface area (Å²) in [5.41, 5.74) is 4.51. The van der Waals surface area contributed by atoms with E-state index in [-0.39, 0.29) is 16.7 Å². The quantitative estimate of drug-likeness (QED) is 0.599. The predicted octanol–water partition coefficient (Wildman–Crippen LogP) is 3.96. The summed E-state index contributed by atoms with van der Waals surface area (Å²) in [4.78, 5) is 14.2. The first-order chi connectivity index (χ1) is 13.1. The topological polar surface area (TPSA) is 73.3 Å². The van der Waals surface area contributed by atoms with Crippen LogP contribution in [-0.4, -0.2) is 15.2 Å². The first kappa shape index (κ1) is 18.0. The molecule has 0 saturated heterocycles. The lowest BCUT2D eigenvalue weighted by Gasteiger charge is -2.22. The van der Waals surface area contributed by atoms with Gasteiger partial charge in [0, 0.05) is 6.42 Å². The van der Waals surface area contributed by atoms with Crippen molar-refractivity contribution in [1.29, 1.82) is 0 Å². The van der Waals surface area contributed by atoms with Gasteiger partial charge in [-0.3, -0.25) is 9.78 Å². The number of hydrogen-bond donors (Lipinski definition) is 3. The molecule has 4 rings (SSSR count). The number of nitrogens with one attached hydrogen (secondary N) is 1. The molecule has 2 atom stereocenters. The summed E-state index contributed by atoms with van der Waals surface area (Å²) < 4.78 is 0. The first-order valence-corrected chi connectivity index (χ1v) is 10.2. The molecule has 3 aromatic rings. The molecule has 1 aliphatic rings. The Kier molecular flexibility index (Phi) is 5.14. The van der Waals surface area contributed by atoms with Crippen LogP contribution in [0.1, 0.15) is 46.1 Å². The van der Waals surface area contributed by atoms with Crippen LogP contribution >= 0.6 is 11.3 Å². The second-order valence-corrected chi connectivity index (χ2v) is 8.35. The SMILES string of the molecule is O=c1[nH]c(O)c(Cc2ccc3c(c2)CCCC(Cc2ccccc2)C3O)s1. The highest BCUT2D eigenvalue weighted by Crippen LogP contribution is 2.36. The number of aryl methyl sites for hydroxylation is 1. The minimum atomic E-state index is -0.464. The Morgan fingerprint density at radius 2 is 1.93 bits per heavy atom. The van der Waals surface area contributed by atoms with Crippen molar-refractivity contribution in [2.24, 2.45) is 5.92 Å². The van der Waals surface area contributed by atoms with Crippen molar-refractivity contribution in [3.8, 4) is 5.88 Å². The zero-order valence-electron chi connectivity index (χ0n) is 15.0. The molecule has 1 heterocycles. The van der Waals surface area contributed by atoms with Gasteiger partial charge in [-0.1, -0.05) is 59.9 Å². The van der Waals surface area contributed by atoms with E-state index in [2.05, 4.69) is 23.2 Å². The Morgan fingerprint density at radius 1 is 1.11 bits per heavy atom. The van der Waals surface area contributed by atoms with Crippen molar-refractivity contribution < 1.29 is 10.2 Å². The minimum Gasteiger partial charge on any atom is -0.494 e. The van der Waals surface area contributed by atoms with Gasteiger partial charge in [0.25, 0.3) is 0 Å². The number of aliphatic hydroxyl groups excluding tert-OH is 1. The molecule has 2 aromatic carbocycles. The van der Waals surface area contributed by atoms with Crippen LogP contribution in [0.25, 0.3) is 0 Å². The lowest BCUT2D eigenvalue weighted by molar-refractivity contribution is 0.105. The third-order valence-corrected chi connectivity index (χ3v) is 6.27. The van der Waals surface area contributed by atoms with Gasteiger partial charge in [0.15, 0.2) is 0 Å². The molecule has 2 unspecified atom stereocenters. The van der Waals surface area contributed by atoms with Gasteiger partial charge >= 0.3 is 4.87 Å². The summed E-state index contributed by atoms with van der Waals surface area (Å²) in [5.74, 6) is 0.182. The van der Waals surface area contributed by atoms with Crippen LogP contribution in [0.2, 0.25) is 0 Å². The fraction of sp³-hybridized carbons (Fsp3) is 0.318. The van der Waals surface area contributed by atoms with Crippen molar-refractivity contribution in [3.05, 3.63) is 85.3 Å². The Balaban J connectivity index is 1.56. The van der Waals surface area contributed by atoms with Crippen LogP contribution < -0.4 is 4.87 Å². The molecule has 0 bridgehead atoms. The van der Waals surface area contributed by atoms with E-state index in [0.29, 0.717) is 11.3 Å². The van der Waals surface area contributed by atoms with E-state index in [4.69, 9.17) is 0 Å². The van der Waals surface area contributed by atoms with Gasteiger partial charge in [-0.2, -0.15) is 0 Å². The fourth-order valence-corrected chi connectivity index (χ4v) is 4.79. The summed E-state index contributed by atoms with van der Waals surface area (Å²) in [6.07, 6.45) is 3.93. The molecule has 3 N–H and O–H groups in total. The molecule has 0 radical (unpaired) electrons. The maximum atomic E-state index is 11.4. The first-order valence-electron chi connectivity index (χ1n) is 9.35. The lowest BCUT2D eigenvalue weighted by Crippen LogP contribution is -2.14. The molecular formula is C22H23NO3S. The zero-order chi connectivity index (χ0) is 18.8. The number of benzene rings is 2. The van der Waals surface area contributed by atoms with Crippen LogP contribution in [0.3, 0.4) is 0 Å². The number of rotatable bonds is 4. The third-order valence-electron chi connectivity index (χ3n) is 5.40. The van der Waals surface area contributed by atoms with Gasteiger partial charge in [0.1, 0.15) is 0 Å². The molecule has 5 heteroatoms. The van der Waals surface area contributed by atoms with Crippen molar-refractivity contribution in [1.82, 2.24) is 4.98 Å². The van der Waals surface area contributed by atoms with Gasteiger partial charge in [-0.05, 0) is 53.9 Å². The number of aromatic amines is 1. The second kappa shape index (κ2) is 7.71. The number of aromatic hydroxyl groups is 1. The molecule has 4 nitrogen and oxygen atoms in total. The van der Waals surface area contributed by atoms with Gasteiger partial charge in [0.05, 0.1) is 11.0 Å². The van der Waals surface area contributed by atoms with Crippen molar-refractivity contribution in [2.45, 2.75) is 38.2 Å². The van der Waals surface area contributed by atoms with Gasteiger partial charge in [-0.15, -0.1) is 0 Å². The van der Waals surface area contributed by atoms with E-state index >= 15 is 0 Å². The number of fused-ring (bicyclic) bond motifs is 1. The number of H-pyrrole nitrogens is 1. The smallest absolute Gasteiger partial charge is 0.307 e. The molecule has 0 spiro atoms. The molecule has 0 fully saturated rings. The van der Waals surface area contributed by atoms with Crippen molar-refractivity contribution in [3.63, 3.8) is 0 Å². The average Bonchev–Trinajstić information content (AvgIpc) is 2.89. The van der Waals surface area contributed by atoms with Crippen LogP contribution in [0, 0.1) is 5.92 Å². The van der Waals surface area contributed by atoms with Crippen molar-refractivity contribution >= 4 is 11.3 Å². The van der Waals surface area contributed by atoms with E-state index in [1.807, 2.05) is 30.3 Å². The lowest BCUT2D eigenvalue weighted by atomic mass is 9.87. The van der Waals surface area contributed by atoms with E-state index in [1.165, 1.54) is 11.1 Å². The molecule has 1 aliphatic carbocycles. The maximum absolute atomic E-state index is 11.4. The summed E-state index contributed by atoms with van der Waals surface area (Å²) in [5, 5.41) is 20.8. The summed E-state index contributed by atoms with van der Waals surface area (Å²) in [7, 11) is 0. The van der Waals surface area contributed by atoms with Crippen LogP contribution in [0.4, 0.5) is 0 Å². The highest BCUT2D eigenvalue weighted by molar-refractivity contribution is 7.09. The molecule has 1 aromatic heterocycles. The van der Waals surface area contributed by atoms with Gasteiger partial charge in [-0.25, -0.2) is 0 Å². The number of hydrogen-bond acceptors (Lipinski definition) is 4. The highest BCUT2D eigenvalue weighted by Gasteiger charge is 2.26. The standard InChI is InChI=1S/C22H23NO3S/c24-20-17(11-14-5-2-1-3-6-14)8-4-7-16-12-15(9-10-18(16)20)13-19-21(25)23-22(26)27-19/h1-3,5-6,9-10,12,17,20,24-25H,4,7-8,11,13H2,(H,23,26). The van der Waals surface area contributed by atoms with Crippen LogP contribution in [0.5, 0.6) is 5.88 Å². The van der Waals surface area contributed by atoms with Crippen LogP contribution in [0.15, 0.2) is 53.3 Å². The van der Waals surface area contributed by atoms with E-state index in [9.17, 15) is 15.0 Å². The number of aromatic nitrogens is 1. The Morgan fingerprint density at radius 3 is 2.67 bits per heavy atom. The maximum Gasteiger partial charge on any atom is 0.307 e.